The lowest BCUT2D eigenvalue weighted by Crippen LogP contribution is -2.00. The monoisotopic (exact) mass is 256 g/mol. The largest absolute Gasteiger partial charge is 0.477 e. The summed E-state index contributed by atoms with van der Waals surface area (Å²) in [6, 6.07) is 2.85. The molecule has 1 aromatic heterocycles. The fraction of sp³-hybridized carbons (Fsp3) is 0. The zero-order valence-corrected chi connectivity index (χ0v) is 9.07. The number of nitrogens with one attached hydrogen (secondary N) is 2. The Labute approximate surface area is 98.9 Å². The smallest absolute Gasteiger partial charge is 0.354 e. The van der Waals surface area contributed by atoms with E-state index < -0.39 is 17.6 Å². The number of hydrogen-bond acceptors (Lipinski definition) is 2. The van der Waals surface area contributed by atoms with Gasteiger partial charge in [-0.2, -0.15) is 0 Å². The number of H-pyrrole nitrogens is 2. The number of aromatic carboxylic acids is 1. The van der Waals surface area contributed by atoms with E-state index in [1.807, 2.05) is 0 Å². The molecular formula is C10H6F2N2O2S. The van der Waals surface area contributed by atoms with Crippen molar-refractivity contribution in [2.45, 2.75) is 0 Å². The molecule has 2 rings (SSSR count). The van der Waals surface area contributed by atoms with E-state index in [2.05, 4.69) is 9.97 Å². The summed E-state index contributed by atoms with van der Waals surface area (Å²) in [5.74, 6) is -2.88. The van der Waals surface area contributed by atoms with Gasteiger partial charge in [-0.3, -0.25) is 0 Å². The topological polar surface area (TPSA) is 68.9 Å². The molecule has 1 aromatic carbocycles. The molecule has 0 bridgehead atoms. The highest BCUT2D eigenvalue weighted by Crippen LogP contribution is 2.24. The van der Waals surface area contributed by atoms with Crippen LogP contribution in [0.5, 0.6) is 0 Å². The van der Waals surface area contributed by atoms with Crippen molar-refractivity contribution in [3.05, 3.63) is 40.3 Å². The second kappa shape index (κ2) is 4.10. The average molecular weight is 256 g/mol. The summed E-state index contributed by atoms with van der Waals surface area (Å²) < 4.78 is 26.3. The second-order valence-electron chi connectivity index (χ2n) is 3.26. The van der Waals surface area contributed by atoms with Gasteiger partial charge in [0, 0.05) is 11.6 Å². The molecule has 4 nitrogen and oxygen atoms in total. The number of aromatic amines is 2. The molecule has 0 saturated heterocycles. The van der Waals surface area contributed by atoms with E-state index in [0.29, 0.717) is 6.07 Å². The summed E-state index contributed by atoms with van der Waals surface area (Å²) in [5, 5.41) is 8.89. The highest BCUT2D eigenvalue weighted by atomic mass is 32.1. The third kappa shape index (κ3) is 2.09. The minimum atomic E-state index is -1.28. The molecule has 0 spiro atoms. The van der Waals surface area contributed by atoms with E-state index in [9.17, 15) is 13.6 Å². The van der Waals surface area contributed by atoms with E-state index in [-0.39, 0.29) is 21.7 Å². The third-order valence-corrected chi connectivity index (χ3v) is 2.35. The van der Waals surface area contributed by atoms with Crippen molar-refractivity contribution in [1.82, 2.24) is 9.97 Å². The maximum absolute atomic E-state index is 13.5. The molecule has 7 heteroatoms. The van der Waals surface area contributed by atoms with Crippen LogP contribution in [0.1, 0.15) is 10.5 Å². The Morgan fingerprint density at radius 1 is 1.29 bits per heavy atom. The summed E-state index contributed by atoms with van der Waals surface area (Å²) in [6.07, 6.45) is 0. The van der Waals surface area contributed by atoms with Crippen LogP contribution in [-0.4, -0.2) is 21.0 Å². The van der Waals surface area contributed by atoms with Gasteiger partial charge in [0.2, 0.25) is 0 Å². The minimum Gasteiger partial charge on any atom is -0.477 e. The molecule has 0 atom stereocenters. The molecule has 0 aliphatic heterocycles. The number of hydrogen-bond donors (Lipinski definition) is 3. The van der Waals surface area contributed by atoms with Crippen LogP contribution in [0.3, 0.4) is 0 Å². The molecule has 0 aliphatic rings. The number of carboxylic acid groups (broad SMARTS) is 1. The number of carboxylic acids is 1. The van der Waals surface area contributed by atoms with Crippen molar-refractivity contribution in [3.8, 4) is 11.3 Å². The Bertz CT molecular complexity index is 648. The first-order valence-electron chi connectivity index (χ1n) is 4.50. The molecule has 0 amide bonds. The van der Waals surface area contributed by atoms with Crippen molar-refractivity contribution >= 4 is 18.2 Å². The van der Waals surface area contributed by atoms with Gasteiger partial charge < -0.3 is 15.1 Å². The van der Waals surface area contributed by atoms with E-state index in [1.165, 1.54) is 0 Å². The van der Waals surface area contributed by atoms with Crippen molar-refractivity contribution in [3.63, 3.8) is 0 Å². The van der Waals surface area contributed by atoms with Gasteiger partial charge in [-0.25, -0.2) is 13.6 Å². The summed E-state index contributed by atoms with van der Waals surface area (Å²) in [6.45, 7) is 0. The minimum absolute atomic E-state index is 0.0139. The Kier molecular flexibility index (Phi) is 2.76. The lowest BCUT2D eigenvalue weighted by atomic mass is 10.1. The standard InChI is InChI=1S/C10H6F2N2O2S/c11-4-1-2-5(6(12)3-4)7-8(9(15)16)14-10(17)13-7/h1-3H,(H,15,16)(H2,13,14,17). The van der Waals surface area contributed by atoms with E-state index in [1.54, 1.807) is 0 Å². The lowest BCUT2D eigenvalue weighted by Gasteiger charge is -2.01. The first kappa shape index (κ1) is 11.5. The molecule has 88 valence electrons. The highest BCUT2D eigenvalue weighted by molar-refractivity contribution is 7.71. The van der Waals surface area contributed by atoms with Crippen LogP contribution in [0, 0.1) is 16.4 Å². The van der Waals surface area contributed by atoms with Crippen molar-refractivity contribution in [1.29, 1.82) is 0 Å². The van der Waals surface area contributed by atoms with Gasteiger partial charge in [0.05, 0.1) is 5.69 Å². The van der Waals surface area contributed by atoms with E-state index in [0.717, 1.165) is 12.1 Å². The van der Waals surface area contributed by atoms with E-state index >= 15 is 0 Å². The number of rotatable bonds is 2. The van der Waals surface area contributed by atoms with Gasteiger partial charge in [0.25, 0.3) is 0 Å². The summed E-state index contributed by atoms with van der Waals surface area (Å²) in [5.41, 5.74) is -0.336. The zero-order valence-electron chi connectivity index (χ0n) is 8.25. The molecular weight excluding hydrogens is 250 g/mol. The van der Waals surface area contributed by atoms with Gasteiger partial charge in [-0.1, -0.05) is 0 Å². The van der Waals surface area contributed by atoms with Crippen LogP contribution in [0.2, 0.25) is 0 Å². The Balaban J connectivity index is 2.68. The molecule has 0 unspecified atom stereocenters. The van der Waals surface area contributed by atoms with Crippen molar-refractivity contribution in [2.24, 2.45) is 0 Å². The fourth-order valence-corrected chi connectivity index (χ4v) is 1.64. The van der Waals surface area contributed by atoms with Crippen LogP contribution in [0.25, 0.3) is 11.3 Å². The van der Waals surface area contributed by atoms with Crippen LogP contribution >= 0.6 is 12.2 Å². The maximum atomic E-state index is 13.5. The van der Waals surface area contributed by atoms with Crippen LogP contribution in [0.15, 0.2) is 18.2 Å². The van der Waals surface area contributed by atoms with Gasteiger partial charge in [-0.15, -0.1) is 0 Å². The van der Waals surface area contributed by atoms with E-state index in [4.69, 9.17) is 17.3 Å². The normalized spacial score (nSPS) is 10.5. The average Bonchev–Trinajstić information content (AvgIpc) is 2.60. The molecule has 17 heavy (non-hydrogen) atoms. The van der Waals surface area contributed by atoms with Crippen LogP contribution in [0.4, 0.5) is 8.78 Å². The molecule has 0 radical (unpaired) electrons. The predicted molar refractivity (Wildman–Crippen MR) is 58.3 cm³/mol. The number of halogens is 2. The summed E-state index contributed by atoms with van der Waals surface area (Å²) >= 11 is 4.74. The van der Waals surface area contributed by atoms with Gasteiger partial charge in [-0.05, 0) is 24.4 Å². The zero-order chi connectivity index (χ0) is 12.6. The van der Waals surface area contributed by atoms with Crippen LogP contribution < -0.4 is 0 Å². The first-order valence-corrected chi connectivity index (χ1v) is 4.91. The molecule has 0 saturated carbocycles. The van der Waals surface area contributed by atoms with Gasteiger partial charge >= 0.3 is 5.97 Å². The number of benzene rings is 1. The van der Waals surface area contributed by atoms with Crippen LogP contribution in [-0.2, 0) is 0 Å². The number of aromatic nitrogens is 2. The van der Waals surface area contributed by atoms with Gasteiger partial charge in [0.1, 0.15) is 11.6 Å². The Morgan fingerprint density at radius 3 is 2.59 bits per heavy atom. The fourth-order valence-electron chi connectivity index (χ4n) is 1.44. The molecule has 2 aromatic rings. The first-order chi connectivity index (χ1) is 7.99. The maximum Gasteiger partial charge on any atom is 0.354 e. The lowest BCUT2D eigenvalue weighted by molar-refractivity contribution is 0.0692. The molecule has 3 N–H and O–H groups in total. The molecule has 1 heterocycles. The third-order valence-electron chi connectivity index (χ3n) is 2.14. The van der Waals surface area contributed by atoms with Crippen molar-refractivity contribution < 1.29 is 18.7 Å². The number of imidazole rings is 1. The van der Waals surface area contributed by atoms with Gasteiger partial charge in [0.15, 0.2) is 10.5 Å². The Hall–Kier alpha value is -2.02. The second-order valence-corrected chi connectivity index (χ2v) is 3.67. The molecule has 0 fully saturated rings. The van der Waals surface area contributed by atoms with Crippen molar-refractivity contribution in [2.75, 3.05) is 0 Å². The quantitative estimate of drug-likeness (QED) is 0.723. The Morgan fingerprint density at radius 2 is 2.00 bits per heavy atom. The molecule has 0 aliphatic carbocycles. The number of carbonyl (C=O) groups is 1. The SMILES string of the molecule is O=C(O)c1[nH]c(=S)[nH]c1-c1ccc(F)cc1F. The highest BCUT2D eigenvalue weighted by Gasteiger charge is 2.17. The summed E-state index contributed by atoms with van der Waals surface area (Å²) in [4.78, 5) is 15.8. The predicted octanol–water partition coefficient (Wildman–Crippen LogP) is 2.72. The summed E-state index contributed by atoms with van der Waals surface area (Å²) in [7, 11) is 0.